The van der Waals surface area contributed by atoms with E-state index in [1.54, 1.807) is 0 Å². The summed E-state index contributed by atoms with van der Waals surface area (Å²) in [5.74, 6) is -1.02. The fourth-order valence-electron chi connectivity index (χ4n) is 6.19. The highest BCUT2D eigenvalue weighted by atomic mass is 31.2. The molecule has 0 aromatic rings. The van der Waals surface area contributed by atoms with Crippen molar-refractivity contribution in [3.8, 4) is 0 Å². The molecule has 1 heterocycles. The highest BCUT2D eigenvalue weighted by Gasteiger charge is 2.50. The zero-order chi connectivity index (χ0) is 46.3. The molecule has 1 N–H and O–H groups in total. The molecular weight excluding hydrogens is 818 g/mol. The number of phosphoric ester groups is 1. The number of hydrogen-bond donors (Lipinski definition) is 1. The van der Waals surface area contributed by atoms with E-state index in [0.717, 1.165) is 51.4 Å². The van der Waals surface area contributed by atoms with Crippen molar-refractivity contribution in [2.75, 3.05) is 48.0 Å². The average Bonchev–Trinajstić information content (AvgIpc) is 3.56. The molecule has 0 spiro atoms. The van der Waals surface area contributed by atoms with Crippen LogP contribution in [-0.4, -0.2) is 93.9 Å². The predicted octanol–water partition coefficient (Wildman–Crippen LogP) is 12.3. The van der Waals surface area contributed by atoms with Crippen LogP contribution in [0.5, 0.6) is 0 Å². The maximum Gasteiger partial charge on any atom is 0.472 e. The summed E-state index contributed by atoms with van der Waals surface area (Å²) in [5.41, 5.74) is 0. The van der Waals surface area contributed by atoms with Crippen molar-refractivity contribution in [2.24, 2.45) is 0 Å². The van der Waals surface area contributed by atoms with Crippen LogP contribution in [0.1, 0.15) is 142 Å². The Morgan fingerprint density at radius 1 is 0.571 bits per heavy atom. The quantitative estimate of drug-likeness (QED) is 0.0210. The Labute approximate surface area is 382 Å². The first-order valence-electron chi connectivity index (χ1n) is 23.6. The summed E-state index contributed by atoms with van der Waals surface area (Å²) >= 11 is 0. The first kappa shape index (κ1) is 57.9. The minimum absolute atomic E-state index is 0.0113. The van der Waals surface area contributed by atoms with Crippen LogP contribution in [-0.2, 0) is 42.1 Å². The molecule has 1 saturated heterocycles. The van der Waals surface area contributed by atoms with Gasteiger partial charge in [-0.25, -0.2) is 4.57 Å². The van der Waals surface area contributed by atoms with Gasteiger partial charge in [-0.15, -0.1) is 0 Å². The summed E-state index contributed by atoms with van der Waals surface area (Å²) in [7, 11) is 2.71. The number of nitrogens with zero attached hydrogens (tertiary/aromatic N) is 1. The molecule has 0 amide bonds. The Hall–Kier alpha value is -3.15. The molecule has 0 aliphatic carbocycles. The summed E-state index contributed by atoms with van der Waals surface area (Å²) in [6.07, 6.45) is 48.1. The molecule has 63 heavy (non-hydrogen) atoms. The van der Waals surface area contributed by atoms with Crippen LogP contribution in [0.3, 0.4) is 0 Å². The summed E-state index contributed by atoms with van der Waals surface area (Å²) in [5, 5.41) is 0. The predicted molar refractivity (Wildman–Crippen MR) is 257 cm³/mol. The highest BCUT2D eigenvalue weighted by Crippen LogP contribution is 2.44. The third-order valence-corrected chi connectivity index (χ3v) is 10.9. The summed E-state index contributed by atoms with van der Waals surface area (Å²) in [6.45, 7) is 4.44. The third kappa shape index (κ3) is 33.9. The number of quaternary nitrogens is 1. The van der Waals surface area contributed by atoms with Crippen LogP contribution in [0.4, 0.5) is 0 Å². The van der Waals surface area contributed by atoms with Crippen LogP contribution in [0.2, 0.25) is 0 Å². The first-order chi connectivity index (χ1) is 30.4. The molecule has 0 bridgehead atoms. The smallest absolute Gasteiger partial charge is 0.455 e. The minimum atomic E-state index is -4.47. The van der Waals surface area contributed by atoms with Gasteiger partial charge in [-0.3, -0.25) is 18.6 Å². The Balaban J connectivity index is 2.65. The van der Waals surface area contributed by atoms with E-state index < -0.39 is 51.0 Å². The van der Waals surface area contributed by atoms with E-state index in [1.165, 1.54) is 45.6 Å². The molecule has 1 rings (SSSR count). The lowest BCUT2D eigenvalue weighted by Gasteiger charge is -2.25. The lowest BCUT2D eigenvalue weighted by atomic mass is 10.1. The monoisotopic (exact) mass is 903 g/mol. The zero-order valence-corrected chi connectivity index (χ0v) is 40.7. The number of carbonyl (C=O) groups excluding carboxylic acids is 2. The second-order valence-electron chi connectivity index (χ2n) is 16.8. The number of hydrogen-bond acceptors (Lipinski definition) is 9. The van der Waals surface area contributed by atoms with Gasteiger partial charge in [-0.05, 0) is 89.9 Å². The van der Waals surface area contributed by atoms with Crippen molar-refractivity contribution < 1.29 is 51.5 Å². The van der Waals surface area contributed by atoms with Gasteiger partial charge in [0.25, 0.3) is 0 Å². The minimum Gasteiger partial charge on any atom is -0.455 e. The van der Waals surface area contributed by atoms with Gasteiger partial charge in [0.1, 0.15) is 19.3 Å². The van der Waals surface area contributed by atoms with Crippen molar-refractivity contribution in [3.05, 3.63) is 97.2 Å². The fourth-order valence-corrected chi connectivity index (χ4v) is 6.91. The maximum atomic E-state index is 13.1. The van der Waals surface area contributed by atoms with Crippen molar-refractivity contribution in [2.45, 2.75) is 167 Å². The average molecular weight is 903 g/mol. The number of rotatable bonds is 38. The molecule has 0 aromatic heterocycles. The molecule has 0 aromatic carbocycles. The number of esters is 2. The third-order valence-electron chi connectivity index (χ3n) is 9.87. The fraction of sp³-hybridized carbons (Fsp3) is 0.647. The number of carbonyl (C=O) groups is 2. The van der Waals surface area contributed by atoms with E-state index in [9.17, 15) is 19.0 Å². The Morgan fingerprint density at radius 2 is 0.952 bits per heavy atom. The summed E-state index contributed by atoms with van der Waals surface area (Å²) in [4.78, 5) is 36.5. The standard InChI is InChI=1S/C51H84NO10P/c1-7-9-11-13-15-17-19-21-23-25-27-29-31-33-35-37-39-41-47(53)61-49-46(45-59-63(55,56)58-44-43-52(3,4)5)60-51(57-6)50(49)62-48(54)42-40-38-36-34-32-30-28-26-24-22-20-18-16-14-12-10-8-2/h15-18,21-24,27-30,33-36,46,49-51H,7-14,19-20,25-26,31-32,37-45H2,1-6H3/p+1/b17-15+,18-16+,23-21+,24-22+,29-27+,30-28+,35-33+,36-34+/t46-,49-,50-,51-/m1/s1. The largest absolute Gasteiger partial charge is 0.472 e. The van der Waals surface area contributed by atoms with E-state index in [1.807, 2.05) is 33.3 Å². The highest BCUT2D eigenvalue weighted by molar-refractivity contribution is 7.47. The van der Waals surface area contributed by atoms with Gasteiger partial charge in [0.05, 0.1) is 27.7 Å². The summed E-state index contributed by atoms with van der Waals surface area (Å²) in [6, 6.07) is 0. The molecule has 358 valence electrons. The van der Waals surface area contributed by atoms with Gasteiger partial charge in [0, 0.05) is 20.0 Å². The molecule has 1 unspecified atom stereocenters. The topological polar surface area (TPSA) is 127 Å². The van der Waals surface area contributed by atoms with Crippen molar-refractivity contribution in [3.63, 3.8) is 0 Å². The summed E-state index contributed by atoms with van der Waals surface area (Å²) < 4.78 is 46.7. The van der Waals surface area contributed by atoms with E-state index >= 15 is 0 Å². The molecule has 0 radical (unpaired) electrons. The second-order valence-corrected chi connectivity index (χ2v) is 18.2. The van der Waals surface area contributed by atoms with E-state index in [0.29, 0.717) is 36.7 Å². The van der Waals surface area contributed by atoms with Gasteiger partial charge < -0.3 is 28.3 Å². The first-order valence-corrected chi connectivity index (χ1v) is 25.1. The van der Waals surface area contributed by atoms with Gasteiger partial charge >= 0.3 is 19.8 Å². The van der Waals surface area contributed by atoms with Crippen LogP contribution in [0.15, 0.2) is 97.2 Å². The molecule has 1 fully saturated rings. The maximum absolute atomic E-state index is 13.1. The number of ether oxygens (including phenoxy) is 4. The normalized spacial score (nSPS) is 19.8. The lowest BCUT2D eigenvalue weighted by Crippen LogP contribution is -2.42. The SMILES string of the molecule is CCCCC/C=C/C/C=C/C/C=C/C/C=C/CCCC(=O)O[C@H]1[C@H](OC)O[C@H](COP(=O)(O)OCC[N+](C)(C)C)[C@H]1OC(=O)CCC/C=C/C/C=C/C/C=C/C/C=C/CCCCC. The second kappa shape index (κ2) is 38.2. The molecular formula is C51H85NO10P+. The number of likely N-dealkylation sites (N-methyl/N-ethyl adjacent to an activating group) is 1. The van der Waals surface area contributed by atoms with Gasteiger partial charge in [0.15, 0.2) is 18.5 Å². The number of methoxy groups -OCH3 is 1. The van der Waals surface area contributed by atoms with Crippen LogP contribution in [0, 0.1) is 0 Å². The van der Waals surface area contributed by atoms with Gasteiger partial charge in [0.2, 0.25) is 0 Å². The van der Waals surface area contributed by atoms with Gasteiger partial charge in [-0.2, -0.15) is 0 Å². The van der Waals surface area contributed by atoms with E-state index in [4.69, 9.17) is 28.0 Å². The number of unbranched alkanes of at least 4 members (excludes halogenated alkanes) is 8. The Kier molecular flexibility index (Phi) is 35.0. The Bertz CT molecular complexity index is 1470. The van der Waals surface area contributed by atoms with Gasteiger partial charge in [-0.1, -0.05) is 137 Å². The van der Waals surface area contributed by atoms with Crippen molar-refractivity contribution in [1.29, 1.82) is 0 Å². The molecule has 12 heteroatoms. The van der Waals surface area contributed by atoms with E-state index in [-0.39, 0.29) is 19.4 Å². The Morgan fingerprint density at radius 3 is 1.33 bits per heavy atom. The number of allylic oxidation sites excluding steroid dienone is 16. The number of phosphoric acid groups is 1. The zero-order valence-electron chi connectivity index (χ0n) is 39.8. The van der Waals surface area contributed by atoms with Crippen LogP contribution < -0.4 is 0 Å². The van der Waals surface area contributed by atoms with Crippen molar-refractivity contribution >= 4 is 19.8 Å². The molecule has 11 nitrogen and oxygen atoms in total. The van der Waals surface area contributed by atoms with Crippen LogP contribution in [0.25, 0.3) is 0 Å². The lowest BCUT2D eigenvalue weighted by molar-refractivity contribution is -0.870. The van der Waals surface area contributed by atoms with E-state index in [2.05, 4.69) is 98.9 Å². The molecule has 1 aliphatic heterocycles. The van der Waals surface area contributed by atoms with Crippen molar-refractivity contribution in [1.82, 2.24) is 0 Å². The molecule has 1 aliphatic rings. The molecule has 5 atom stereocenters. The van der Waals surface area contributed by atoms with Crippen LogP contribution >= 0.6 is 7.82 Å². The molecule has 0 saturated carbocycles.